The highest BCUT2D eigenvalue weighted by molar-refractivity contribution is 5.76. The molecule has 0 aromatic heterocycles. The number of carbonyl (C=O) groups is 1. The maximum atomic E-state index is 11.8. The Hall–Kier alpha value is -0.570. The smallest absolute Gasteiger partial charge is 0.220 e. The van der Waals surface area contributed by atoms with Crippen molar-refractivity contribution in [2.45, 2.75) is 83.7 Å². The molecule has 0 spiro atoms. The summed E-state index contributed by atoms with van der Waals surface area (Å²) < 4.78 is 0. The molecule has 1 rings (SSSR count). The van der Waals surface area contributed by atoms with E-state index in [0.717, 1.165) is 19.4 Å². The Labute approximate surface area is 112 Å². The normalized spacial score (nSPS) is 21.6. The first-order valence-corrected chi connectivity index (χ1v) is 7.75. The summed E-state index contributed by atoms with van der Waals surface area (Å²) in [5.74, 6) is 0.228. The highest BCUT2D eigenvalue weighted by Crippen LogP contribution is 2.11. The van der Waals surface area contributed by atoms with Gasteiger partial charge in [0.2, 0.25) is 5.91 Å². The van der Waals surface area contributed by atoms with Crippen LogP contribution in [0.15, 0.2) is 0 Å². The molecule has 2 atom stereocenters. The van der Waals surface area contributed by atoms with Crippen LogP contribution in [0.3, 0.4) is 0 Å². The van der Waals surface area contributed by atoms with Crippen LogP contribution in [0, 0.1) is 0 Å². The molecule has 0 radical (unpaired) electrons. The number of amides is 1. The molecule has 1 fully saturated rings. The van der Waals surface area contributed by atoms with Gasteiger partial charge in [-0.15, -0.1) is 0 Å². The van der Waals surface area contributed by atoms with E-state index in [-0.39, 0.29) is 5.91 Å². The highest BCUT2D eigenvalue weighted by Gasteiger charge is 2.14. The highest BCUT2D eigenvalue weighted by atomic mass is 16.1. The van der Waals surface area contributed by atoms with Gasteiger partial charge in [-0.3, -0.25) is 4.79 Å². The number of piperidine rings is 1. The molecule has 1 amide bonds. The molecule has 3 heteroatoms. The number of rotatable bonds is 8. The molecule has 2 unspecified atom stereocenters. The molecule has 0 bridgehead atoms. The number of hydrogen-bond acceptors (Lipinski definition) is 2. The van der Waals surface area contributed by atoms with Gasteiger partial charge in [-0.2, -0.15) is 0 Å². The maximum absolute atomic E-state index is 11.8. The van der Waals surface area contributed by atoms with Gasteiger partial charge in [-0.1, -0.05) is 32.6 Å². The number of unbranched alkanes of at least 4 members (excludes halogenated alkanes) is 2. The third-order valence-corrected chi connectivity index (χ3v) is 3.78. The fourth-order valence-corrected chi connectivity index (χ4v) is 2.60. The van der Waals surface area contributed by atoms with E-state index in [9.17, 15) is 4.79 Å². The van der Waals surface area contributed by atoms with Crippen molar-refractivity contribution in [2.24, 2.45) is 0 Å². The number of nitrogens with one attached hydrogen (secondary N) is 2. The van der Waals surface area contributed by atoms with Gasteiger partial charge < -0.3 is 10.6 Å². The summed E-state index contributed by atoms with van der Waals surface area (Å²) in [4.78, 5) is 11.8. The summed E-state index contributed by atoms with van der Waals surface area (Å²) >= 11 is 0. The summed E-state index contributed by atoms with van der Waals surface area (Å²) in [6, 6.07) is 0.906. The van der Waals surface area contributed by atoms with Gasteiger partial charge in [0, 0.05) is 18.5 Å². The molecule has 3 nitrogen and oxygen atoms in total. The van der Waals surface area contributed by atoms with Crippen LogP contribution >= 0.6 is 0 Å². The molecule has 106 valence electrons. The lowest BCUT2D eigenvalue weighted by molar-refractivity contribution is -0.122. The van der Waals surface area contributed by atoms with Gasteiger partial charge in [-0.05, 0) is 39.2 Å². The Morgan fingerprint density at radius 2 is 2.22 bits per heavy atom. The molecule has 1 heterocycles. The van der Waals surface area contributed by atoms with Crippen LogP contribution in [0.25, 0.3) is 0 Å². The molecule has 0 aromatic carbocycles. The zero-order chi connectivity index (χ0) is 13.2. The van der Waals surface area contributed by atoms with Gasteiger partial charge in [0.05, 0.1) is 0 Å². The molecule has 0 aromatic rings. The van der Waals surface area contributed by atoms with Crippen molar-refractivity contribution in [1.82, 2.24) is 10.6 Å². The van der Waals surface area contributed by atoms with E-state index in [4.69, 9.17) is 0 Å². The molecular weight excluding hydrogens is 224 g/mol. The minimum Gasteiger partial charge on any atom is -0.354 e. The SMILES string of the molecule is CCCCCC(C)NC(=O)CCC1CCCCN1. The number of hydrogen-bond donors (Lipinski definition) is 2. The predicted octanol–water partition coefficient (Wildman–Crippen LogP) is 2.99. The summed E-state index contributed by atoms with van der Waals surface area (Å²) in [7, 11) is 0. The Kier molecular flexibility index (Phi) is 8.06. The Bertz CT molecular complexity index is 225. The van der Waals surface area contributed by atoms with E-state index in [2.05, 4.69) is 24.5 Å². The van der Waals surface area contributed by atoms with E-state index in [1.165, 1.54) is 38.5 Å². The fraction of sp³-hybridized carbons (Fsp3) is 0.933. The van der Waals surface area contributed by atoms with Gasteiger partial charge in [-0.25, -0.2) is 0 Å². The topological polar surface area (TPSA) is 41.1 Å². The molecular formula is C15H30N2O. The van der Waals surface area contributed by atoms with Crippen LogP contribution in [0.2, 0.25) is 0 Å². The summed E-state index contributed by atoms with van der Waals surface area (Å²) in [6.45, 7) is 5.45. The Morgan fingerprint density at radius 3 is 2.89 bits per heavy atom. The van der Waals surface area contributed by atoms with Crippen molar-refractivity contribution in [3.8, 4) is 0 Å². The average Bonchev–Trinajstić information content (AvgIpc) is 2.38. The molecule has 1 saturated heterocycles. The van der Waals surface area contributed by atoms with E-state index < -0.39 is 0 Å². The van der Waals surface area contributed by atoms with Crippen molar-refractivity contribution in [3.05, 3.63) is 0 Å². The minimum atomic E-state index is 0.228. The molecule has 0 saturated carbocycles. The monoisotopic (exact) mass is 254 g/mol. The second kappa shape index (κ2) is 9.37. The van der Waals surface area contributed by atoms with E-state index in [1.54, 1.807) is 0 Å². The van der Waals surface area contributed by atoms with Crippen molar-refractivity contribution in [3.63, 3.8) is 0 Å². The lowest BCUT2D eigenvalue weighted by atomic mass is 10.0. The first kappa shape index (κ1) is 15.5. The van der Waals surface area contributed by atoms with Crippen molar-refractivity contribution >= 4 is 5.91 Å². The zero-order valence-corrected chi connectivity index (χ0v) is 12.1. The van der Waals surface area contributed by atoms with Crippen LogP contribution in [-0.2, 0) is 4.79 Å². The van der Waals surface area contributed by atoms with E-state index in [0.29, 0.717) is 18.5 Å². The van der Waals surface area contributed by atoms with Crippen molar-refractivity contribution in [2.75, 3.05) is 6.54 Å². The van der Waals surface area contributed by atoms with Crippen LogP contribution in [0.1, 0.15) is 71.6 Å². The maximum Gasteiger partial charge on any atom is 0.220 e. The first-order valence-electron chi connectivity index (χ1n) is 7.75. The summed E-state index contributed by atoms with van der Waals surface area (Å²) in [5, 5.41) is 6.60. The molecule has 18 heavy (non-hydrogen) atoms. The largest absolute Gasteiger partial charge is 0.354 e. The standard InChI is InChI=1S/C15H30N2O/c1-3-4-5-8-13(2)17-15(18)11-10-14-9-6-7-12-16-14/h13-14,16H,3-12H2,1-2H3,(H,17,18). The second-order valence-corrected chi connectivity index (χ2v) is 5.65. The quantitative estimate of drug-likeness (QED) is 0.654. The summed E-state index contributed by atoms with van der Waals surface area (Å²) in [5.41, 5.74) is 0. The minimum absolute atomic E-state index is 0.228. The predicted molar refractivity (Wildman–Crippen MR) is 76.6 cm³/mol. The number of carbonyl (C=O) groups excluding carboxylic acids is 1. The van der Waals surface area contributed by atoms with Crippen LogP contribution in [0.4, 0.5) is 0 Å². The van der Waals surface area contributed by atoms with Crippen LogP contribution in [-0.4, -0.2) is 24.5 Å². The third kappa shape index (κ3) is 7.00. The Morgan fingerprint density at radius 1 is 1.39 bits per heavy atom. The van der Waals surface area contributed by atoms with Crippen molar-refractivity contribution < 1.29 is 4.79 Å². The lowest BCUT2D eigenvalue weighted by Gasteiger charge is -2.23. The first-order chi connectivity index (χ1) is 8.72. The average molecular weight is 254 g/mol. The van der Waals surface area contributed by atoms with Gasteiger partial charge >= 0.3 is 0 Å². The van der Waals surface area contributed by atoms with E-state index >= 15 is 0 Å². The molecule has 2 N–H and O–H groups in total. The zero-order valence-electron chi connectivity index (χ0n) is 12.1. The Balaban J connectivity index is 2.05. The van der Waals surface area contributed by atoms with Crippen molar-refractivity contribution in [1.29, 1.82) is 0 Å². The van der Waals surface area contributed by atoms with E-state index in [1.807, 2.05) is 0 Å². The van der Waals surface area contributed by atoms with Gasteiger partial charge in [0.15, 0.2) is 0 Å². The van der Waals surface area contributed by atoms with Crippen LogP contribution in [0.5, 0.6) is 0 Å². The summed E-state index contributed by atoms with van der Waals surface area (Å²) in [6.07, 6.45) is 10.4. The van der Waals surface area contributed by atoms with Gasteiger partial charge in [0.1, 0.15) is 0 Å². The lowest BCUT2D eigenvalue weighted by Crippen LogP contribution is -2.37. The molecule has 1 aliphatic rings. The van der Waals surface area contributed by atoms with Crippen LogP contribution < -0.4 is 10.6 Å². The van der Waals surface area contributed by atoms with Gasteiger partial charge in [0.25, 0.3) is 0 Å². The fourth-order valence-electron chi connectivity index (χ4n) is 2.60. The second-order valence-electron chi connectivity index (χ2n) is 5.65. The molecule has 1 aliphatic heterocycles. The third-order valence-electron chi connectivity index (χ3n) is 3.78. The molecule has 0 aliphatic carbocycles.